The van der Waals surface area contributed by atoms with Gasteiger partial charge in [-0.05, 0) is 25.1 Å². The molecule has 2 aliphatic rings. The van der Waals surface area contributed by atoms with Crippen molar-refractivity contribution in [3.63, 3.8) is 0 Å². The van der Waals surface area contributed by atoms with Crippen molar-refractivity contribution in [2.24, 2.45) is 10.7 Å². The van der Waals surface area contributed by atoms with Crippen LogP contribution in [-0.4, -0.2) is 40.7 Å². The Hall–Kier alpha value is -2.17. The Morgan fingerprint density at radius 3 is 2.79 bits per heavy atom. The number of anilines is 1. The molecule has 11 heteroatoms. The molecule has 2 aliphatic heterocycles. The summed E-state index contributed by atoms with van der Waals surface area (Å²) in [5, 5.41) is 2.81. The van der Waals surface area contributed by atoms with Crippen LogP contribution >= 0.6 is 24.2 Å². The molecule has 1 aromatic carbocycles. The number of aliphatic imine (C=N–C) groups is 1. The van der Waals surface area contributed by atoms with Crippen molar-refractivity contribution in [2.45, 2.75) is 25.1 Å². The number of alkyl halides is 1. The molecule has 29 heavy (non-hydrogen) atoms. The van der Waals surface area contributed by atoms with Gasteiger partial charge in [0.2, 0.25) is 0 Å². The standard InChI is InChI=1S/C18H18F2N4O3S.ClH/c1-9-14(22-10(2)27-9)15(25)23-11-3-4-13(19)12(5-11)18-7-26-6-17(18,20)8-28-16(21)24-18;/h3-5H,6-8H2,1-2H3,(H2,21,24)(H,23,25);1H. The van der Waals surface area contributed by atoms with Gasteiger partial charge in [-0.2, -0.15) is 0 Å². The molecule has 1 fully saturated rings. The van der Waals surface area contributed by atoms with Crippen LogP contribution in [0.25, 0.3) is 0 Å². The summed E-state index contributed by atoms with van der Waals surface area (Å²) < 4.78 is 40.9. The maximum atomic E-state index is 15.6. The average molecular weight is 445 g/mol. The van der Waals surface area contributed by atoms with Crippen LogP contribution in [-0.2, 0) is 10.3 Å². The molecule has 2 atom stereocenters. The summed E-state index contributed by atoms with van der Waals surface area (Å²) in [5.74, 6) is -0.431. The SMILES string of the molecule is Cc1nc(C(=O)Nc2ccc(F)c(C34COCC3(F)CSC(N)=N4)c2)c(C)o1.Cl. The van der Waals surface area contributed by atoms with Gasteiger partial charge in [0, 0.05) is 23.9 Å². The van der Waals surface area contributed by atoms with Crippen molar-refractivity contribution < 1.29 is 22.7 Å². The highest BCUT2D eigenvalue weighted by Crippen LogP contribution is 2.50. The minimum atomic E-state index is -1.90. The number of nitrogens with zero attached hydrogens (tertiary/aromatic N) is 2. The van der Waals surface area contributed by atoms with Crippen LogP contribution in [0.15, 0.2) is 27.6 Å². The van der Waals surface area contributed by atoms with Crippen LogP contribution in [0, 0.1) is 19.7 Å². The zero-order chi connectivity index (χ0) is 20.1. The number of rotatable bonds is 3. The fraction of sp³-hybridized carbons (Fsp3) is 0.389. The minimum Gasteiger partial charge on any atom is -0.445 e. The quantitative estimate of drug-likeness (QED) is 0.754. The maximum Gasteiger partial charge on any atom is 0.277 e. The van der Waals surface area contributed by atoms with E-state index in [0.29, 0.717) is 11.7 Å². The number of carbonyl (C=O) groups is 1. The number of fused-ring (bicyclic) bond motifs is 1. The zero-order valence-electron chi connectivity index (χ0n) is 15.6. The second-order valence-corrected chi connectivity index (χ2v) is 7.84. The number of carbonyl (C=O) groups excluding carboxylic acids is 1. The maximum absolute atomic E-state index is 15.6. The van der Waals surface area contributed by atoms with Gasteiger partial charge in [-0.25, -0.2) is 18.8 Å². The van der Waals surface area contributed by atoms with E-state index >= 15 is 4.39 Å². The second kappa shape index (κ2) is 7.58. The molecule has 0 saturated carbocycles. The number of amides is 1. The number of benzene rings is 1. The lowest BCUT2D eigenvalue weighted by Gasteiger charge is -2.38. The smallest absolute Gasteiger partial charge is 0.277 e. The van der Waals surface area contributed by atoms with Crippen LogP contribution in [0.2, 0.25) is 0 Å². The average Bonchev–Trinajstić information content (AvgIpc) is 3.16. The molecule has 2 unspecified atom stereocenters. The number of hydrogen-bond donors (Lipinski definition) is 2. The lowest BCUT2D eigenvalue weighted by atomic mass is 9.79. The molecule has 3 N–H and O–H groups in total. The molecule has 2 aromatic rings. The normalized spacial score (nSPS) is 25.7. The van der Waals surface area contributed by atoms with Gasteiger partial charge in [0.25, 0.3) is 5.91 Å². The monoisotopic (exact) mass is 444 g/mol. The molecule has 4 rings (SSSR count). The van der Waals surface area contributed by atoms with Gasteiger partial charge in [0.15, 0.2) is 28.0 Å². The number of ether oxygens (including phenoxy) is 1. The van der Waals surface area contributed by atoms with Crippen molar-refractivity contribution in [1.29, 1.82) is 0 Å². The van der Waals surface area contributed by atoms with Gasteiger partial charge in [-0.3, -0.25) is 4.79 Å². The molecular formula is C18H19ClF2N4O3S. The third kappa shape index (κ3) is 3.49. The summed E-state index contributed by atoms with van der Waals surface area (Å²) in [6, 6.07) is 3.91. The molecule has 1 saturated heterocycles. The predicted molar refractivity (Wildman–Crippen MR) is 108 cm³/mol. The summed E-state index contributed by atoms with van der Waals surface area (Å²) in [5.41, 5.74) is 2.72. The molecule has 0 spiro atoms. The van der Waals surface area contributed by atoms with E-state index in [1.54, 1.807) is 13.8 Å². The molecule has 0 aliphatic carbocycles. The van der Waals surface area contributed by atoms with Gasteiger partial charge < -0.3 is 20.2 Å². The first kappa shape index (κ1) is 21.5. The van der Waals surface area contributed by atoms with E-state index in [4.69, 9.17) is 14.9 Å². The summed E-state index contributed by atoms with van der Waals surface area (Å²) >= 11 is 1.07. The van der Waals surface area contributed by atoms with Gasteiger partial charge in [0.1, 0.15) is 11.6 Å². The third-order valence-corrected chi connectivity index (χ3v) is 5.91. The molecule has 1 aromatic heterocycles. The lowest BCUT2D eigenvalue weighted by molar-refractivity contribution is 0.102. The van der Waals surface area contributed by atoms with E-state index in [-0.39, 0.29) is 53.5 Å². The summed E-state index contributed by atoms with van der Waals surface area (Å²) in [7, 11) is 0. The van der Waals surface area contributed by atoms with Gasteiger partial charge >= 0.3 is 0 Å². The second-order valence-electron chi connectivity index (χ2n) is 6.84. The number of nitrogens with one attached hydrogen (secondary N) is 1. The number of halogens is 3. The first-order chi connectivity index (χ1) is 13.2. The number of amidine groups is 1. The Morgan fingerprint density at radius 2 is 2.10 bits per heavy atom. The number of thioether (sulfide) groups is 1. The first-order valence-corrected chi connectivity index (χ1v) is 9.53. The van der Waals surface area contributed by atoms with E-state index < -0.39 is 22.9 Å². The van der Waals surface area contributed by atoms with Crippen molar-refractivity contribution in [3.8, 4) is 0 Å². The Labute approximate surface area is 175 Å². The number of hydrogen-bond acceptors (Lipinski definition) is 7. The number of aryl methyl sites for hydroxylation is 2. The van der Waals surface area contributed by atoms with Gasteiger partial charge in [-0.15, -0.1) is 12.4 Å². The predicted octanol–water partition coefficient (Wildman–Crippen LogP) is 3.10. The Kier molecular flexibility index (Phi) is 5.63. The zero-order valence-corrected chi connectivity index (χ0v) is 17.3. The van der Waals surface area contributed by atoms with Crippen molar-refractivity contribution in [3.05, 3.63) is 46.9 Å². The molecule has 156 valence electrons. The minimum absolute atomic E-state index is 0. The molecular weight excluding hydrogens is 426 g/mol. The molecule has 3 heterocycles. The van der Waals surface area contributed by atoms with E-state index in [1.807, 2.05) is 0 Å². The van der Waals surface area contributed by atoms with E-state index in [0.717, 1.165) is 17.8 Å². The summed E-state index contributed by atoms with van der Waals surface area (Å²) in [6.45, 7) is 2.91. The van der Waals surface area contributed by atoms with Crippen molar-refractivity contribution >= 4 is 40.9 Å². The van der Waals surface area contributed by atoms with Crippen molar-refractivity contribution in [1.82, 2.24) is 4.98 Å². The van der Waals surface area contributed by atoms with Crippen LogP contribution in [0.1, 0.15) is 27.7 Å². The molecule has 0 bridgehead atoms. The number of aromatic nitrogens is 1. The summed E-state index contributed by atoms with van der Waals surface area (Å²) in [6.07, 6.45) is 0. The van der Waals surface area contributed by atoms with Crippen LogP contribution in [0.4, 0.5) is 14.5 Å². The summed E-state index contributed by atoms with van der Waals surface area (Å²) in [4.78, 5) is 20.8. The van der Waals surface area contributed by atoms with Crippen LogP contribution in [0.5, 0.6) is 0 Å². The highest BCUT2D eigenvalue weighted by Gasteiger charge is 2.61. The van der Waals surface area contributed by atoms with Crippen LogP contribution in [0.3, 0.4) is 0 Å². The van der Waals surface area contributed by atoms with Crippen molar-refractivity contribution in [2.75, 3.05) is 24.3 Å². The fourth-order valence-electron chi connectivity index (χ4n) is 3.54. The number of oxazole rings is 1. The highest BCUT2D eigenvalue weighted by atomic mass is 35.5. The third-order valence-electron chi connectivity index (χ3n) is 4.92. The Morgan fingerprint density at radius 1 is 1.34 bits per heavy atom. The topological polar surface area (TPSA) is 103 Å². The fourth-order valence-corrected chi connectivity index (χ4v) is 4.46. The van der Waals surface area contributed by atoms with E-state index in [2.05, 4.69) is 15.3 Å². The Bertz CT molecular complexity index is 1000. The van der Waals surface area contributed by atoms with Crippen LogP contribution < -0.4 is 11.1 Å². The molecule has 0 radical (unpaired) electrons. The Balaban J connectivity index is 0.00000240. The van der Waals surface area contributed by atoms with Gasteiger partial charge in [-0.1, -0.05) is 11.8 Å². The lowest BCUT2D eigenvalue weighted by Crippen LogP contribution is -2.52. The first-order valence-electron chi connectivity index (χ1n) is 8.54. The largest absolute Gasteiger partial charge is 0.445 e. The molecule has 1 amide bonds. The molecule has 7 nitrogen and oxygen atoms in total. The van der Waals surface area contributed by atoms with E-state index in [1.165, 1.54) is 12.1 Å². The van der Waals surface area contributed by atoms with Gasteiger partial charge in [0.05, 0.1) is 13.2 Å². The highest BCUT2D eigenvalue weighted by molar-refractivity contribution is 8.13. The van der Waals surface area contributed by atoms with E-state index in [9.17, 15) is 9.18 Å². The number of nitrogens with two attached hydrogens (primary N) is 1.